The number of rotatable bonds is 8. The van der Waals surface area contributed by atoms with Gasteiger partial charge in [-0.1, -0.05) is 78.3 Å². The van der Waals surface area contributed by atoms with Gasteiger partial charge in [0.2, 0.25) is 5.91 Å². The molecular weight excluding hydrogens is 562 g/mol. The van der Waals surface area contributed by atoms with Gasteiger partial charge >= 0.3 is 0 Å². The van der Waals surface area contributed by atoms with Crippen molar-refractivity contribution in [3.63, 3.8) is 0 Å². The fourth-order valence-electron chi connectivity index (χ4n) is 5.16. The fraction of sp³-hybridized carbons (Fsp3) is 0.147. The van der Waals surface area contributed by atoms with E-state index in [9.17, 15) is 9.59 Å². The first-order valence-electron chi connectivity index (χ1n) is 13.8. The van der Waals surface area contributed by atoms with Crippen molar-refractivity contribution >= 4 is 29.0 Å². The van der Waals surface area contributed by atoms with Gasteiger partial charge in [-0.15, -0.1) is 10.2 Å². The third-order valence-electron chi connectivity index (χ3n) is 7.37. The van der Waals surface area contributed by atoms with Crippen LogP contribution < -0.4 is 10.1 Å². The SMILES string of the molecule is COc1ccc2c(c1)C(c1ccc(Cl)cc1)=N[C@@H](CC(=O)NCc1ccc(C(=O)c3ccccc3)cc1)c1nnc(C)n1-2. The molecule has 1 aromatic heterocycles. The highest BCUT2D eigenvalue weighted by Crippen LogP contribution is 2.34. The molecule has 9 heteroatoms. The number of amides is 1. The summed E-state index contributed by atoms with van der Waals surface area (Å²) in [5.41, 5.74) is 5.34. The van der Waals surface area contributed by atoms with Crippen molar-refractivity contribution in [2.45, 2.75) is 25.9 Å². The molecule has 0 saturated carbocycles. The molecule has 1 atom stereocenters. The molecule has 1 amide bonds. The summed E-state index contributed by atoms with van der Waals surface area (Å²) in [5.74, 6) is 1.71. The predicted octanol–water partition coefficient (Wildman–Crippen LogP) is 6.07. The Balaban J connectivity index is 1.26. The van der Waals surface area contributed by atoms with Gasteiger partial charge in [-0.3, -0.25) is 19.1 Å². The van der Waals surface area contributed by atoms with Crippen molar-refractivity contribution in [3.05, 3.63) is 142 Å². The summed E-state index contributed by atoms with van der Waals surface area (Å²) in [6, 6.07) is 29.0. The van der Waals surface area contributed by atoms with Crippen LogP contribution in [0.1, 0.15) is 56.7 Å². The summed E-state index contributed by atoms with van der Waals surface area (Å²) in [7, 11) is 1.62. The van der Waals surface area contributed by atoms with Crippen LogP contribution in [-0.4, -0.2) is 39.3 Å². The standard InChI is InChI=1S/C34H28ClN5O3/c1-21-38-39-34-29(19-31(41)36-20-22-8-10-25(11-9-22)33(42)24-6-4-3-5-7-24)37-32(23-12-14-26(35)15-13-23)28-18-27(43-2)16-17-30(28)40(21)34/h3-18,29H,19-20H2,1-2H3,(H,36,41)/t29-/m0/s1. The number of nitrogens with zero attached hydrogens (tertiary/aromatic N) is 4. The molecule has 0 unspecified atom stereocenters. The first-order chi connectivity index (χ1) is 20.9. The number of nitrogens with one attached hydrogen (secondary N) is 1. The van der Waals surface area contributed by atoms with E-state index in [2.05, 4.69) is 15.5 Å². The Morgan fingerprint density at radius 2 is 1.63 bits per heavy atom. The maximum absolute atomic E-state index is 13.3. The minimum atomic E-state index is -0.601. The minimum absolute atomic E-state index is 0.0445. The van der Waals surface area contributed by atoms with Crippen LogP contribution in [0.3, 0.4) is 0 Å². The largest absolute Gasteiger partial charge is 0.497 e. The topological polar surface area (TPSA) is 98.5 Å². The number of fused-ring (bicyclic) bond motifs is 3. The van der Waals surface area contributed by atoms with E-state index in [1.165, 1.54) is 0 Å². The van der Waals surface area contributed by atoms with Crippen molar-refractivity contribution in [1.29, 1.82) is 0 Å². The molecule has 8 nitrogen and oxygen atoms in total. The van der Waals surface area contributed by atoms with E-state index >= 15 is 0 Å². The molecule has 1 aliphatic heterocycles. The lowest BCUT2D eigenvalue weighted by atomic mass is 10.00. The lowest BCUT2D eigenvalue weighted by Gasteiger charge is -2.14. The Bertz CT molecular complexity index is 1830. The molecule has 6 rings (SSSR count). The zero-order chi connectivity index (χ0) is 29.9. The molecule has 0 fully saturated rings. The maximum atomic E-state index is 13.3. The van der Waals surface area contributed by atoms with Gasteiger partial charge in [-0.05, 0) is 42.8 Å². The Hall–Kier alpha value is -5.08. The summed E-state index contributed by atoms with van der Waals surface area (Å²) in [4.78, 5) is 31.1. The van der Waals surface area contributed by atoms with Gasteiger partial charge in [0, 0.05) is 33.8 Å². The zero-order valence-electron chi connectivity index (χ0n) is 23.6. The number of carbonyl (C=O) groups is 2. The van der Waals surface area contributed by atoms with E-state index in [0.29, 0.717) is 45.8 Å². The summed E-state index contributed by atoms with van der Waals surface area (Å²) in [5, 5.41) is 12.4. The smallest absolute Gasteiger partial charge is 0.222 e. The fourth-order valence-corrected chi connectivity index (χ4v) is 5.28. The molecule has 0 spiro atoms. The molecule has 214 valence electrons. The number of hydrogen-bond donors (Lipinski definition) is 1. The lowest BCUT2D eigenvalue weighted by Crippen LogP contribution is -2.25. The van der Waals surface area contributed by atoms with E-state index in [1.54, 1.807) is 31.4 Å². The number of carbonyl (C=O) groups excluding carboxylic acids is 2. The minimum Gasteiger partial charge on any atom is -0.497 e. The van der Waals surface area contributed by atoms with Crippen LogP contribution in [0.4, 0.5) is 0 Å². The molecule has 0 bridgehead atoms. The summed E-state index contributed by atoms with van der Waals surface area (Å²) < 4.78 is 7.48. The second kappa shape index (κ2) is 12.0. The normalized spacial score (nSPS) is 13.7. The van der Waals surface area contributed by atoms with Crippen LogP contribution in [0.15, 0.2) is 102 Å². The molecule has 2 heterocycles. The van der Waals surface area contributed by atoms with Gasteiger partial charge in [-0.2, -0.15) is 0 Å². The monoisotopic (exact) mass is 589 g/mol. The van der Waals surface area contributed by atoms with E-state index in [1.807, 2.05) is 84.3 Å². The van der Waals surface area contributed by atoms with Crippen LogP contribution in [0.5, 0.6) is 5.75 Å². The Kier molecular flexibility index (Phi) is 7.85. The highest BCUT2D eigenvalue weighted by molar-refractivity contribution is 6.30. The van der Waals surface area contributed by atoms with Crippen molar-refractivity contribution in [1.82, 2.24) is 20.1 Å². The molecule has 43 heavy (non-hydrogen) atoms. The predicted molar refractivity (Wildman–Crippen MR) is 165 cm³/mol. The first kappa shape index (κ1) is 28.1. The average molecular weight is 590 g/mol. The third-order valence-corrected chi connectivity index (χ3v) is 7.62. The van der Waals surface area contributed by atoms with E-state index < -0.39 is 6.04 Å². The molecule has 4 aromatic carbocycles. The number of ether oxygens (including phenoxy) is 1. The number of aryl methyl sites for hydroxylation is 1. The van der Waals surface area contributed by atoms with Crippen molar-refractivity contribution < 1.29 is 14.3 Å². The van der Waals surface area contributed by atoms with Crippen molar-refractivity contribution in [2.75, 3.05) is 7.11 Å². The van der Waals surface area contributed by atoms with Gasteiger partial charge < -0.3 is 10.1 Å². The third kappa shape index (κ3) is 5.82. The maximum Gasteiger partial charge on any atom is 0.222 e. The number of hydrogen-bond acceptors (Lipinski definition) is 6. The van der Waals surface area contributed by atoms with Crippen LogP contribution in [0, 0.1) is 6.92 Å². The van der Waals surface area contributed by atoms with Gasteiger partial charge in [0.15, 0.2) is 11.6 Å². The zero-order valence-corrected chi connectivity index (χ0v) is 24.4. The van der Waals surface area contributed by atoms with Crippen molar-refractivity contribution in [2.24, 2.45) is 4.99 Å². The molecule has 5 aromatic rings. The summed E-state index contributed by atoms with van der Waals surface area (Å²) >= 11 is 6.19. The van der Waals surface area contributed by atoms with E-state index in [-0.39, 0.29) is 18.1 Å². The molecular formula is C34H28ClN5O3. The van der Waals surface area contributed by atoms with Crippen LogP contribution in [0.2, 0.25) is 5.02 Å². The average Bonchev–Trinajstić information content (AvgIpc) is 3.37. The number of ketones is 1. The summed E-state index contributed by atoms with van der Waals surface area (Å²) in [6.07, 6.45) is 0.0604. The molecule has 0 aliphatic carbocycles. The van der Waals surface area contributed by atoms with Gasteiger partial charge in [0.05, 0.1) is 24.9 Å². The summed E-state index contributed by atoms with van der Waals surface area (Å²) in [6.45, 7) is 2.18. The van der Waals surface area contributed by atoms with Crippen molar-refractivity contribution in [3.8, 4) is 11.4 Å². The molecule has 0 saturated heterocycles. The van der Waals surface area contributed by atoms with Gasteiger partial charge in [0.1, 0.15) is 17.6 Å². The highest BCUT2D eigenvalue weighted by atomic mass is 35.5. The van der Waals surface area contributed by atoms with Gasteiger partial charge in [0.25, 0.3) is 0 Å². The molecule has 1 aliphatic rings. The van der Waals surface area contributed by atoms with E-state index in [0.717, 1.165) is 22.4 Å². The number of aromatic nitrogens is 3. The van der Waals surface area contributed by atoms with Crippen LogP contribution in [-0.2, 0) is 11.3 Å². The quantitative estimate of drug-likeness (QED) is 0.222. The Morgan fingerprint density at radius 3 is 2.35 bits per heavy atom. The lowest BCUT2D eigenvalue weighted by molar-refractivity contribution is -0.121. The Morgan fingerprint density at radius 1 is 0.907 bits per heavy atom. The highest BCUT2D eigenvalue weighted by Gasteiger charge is 2.30. The number of methoxy groups -OCH3 is 1. The first-order valence-corrected chi connectivity index (χ1v) is 14.2. The van der Waals surface area contributed by atoms with Crippen LogP contribution >= 0.6 is 11.6 Å². The second-order valence-corrected chi connectivity index (χ2v) is 10.6. The molecule has 0 radical (unpaired) electrons. The Labute approximate surface area is 254 Å². The number of benzene rings is 4. The second-order valence-electron chi connectivity index (χ2n) is 10.2. The molecule has 1 N–H and O–H groups in total. The number of halogens is 1. The van der Waals surface area contributed by atoms with E-state index in [4.69, 9.17) is 21.3 Å². The number of aliphatic imine (C=N–C) groups is 1. The van der Waals surface area contributed by atoms with Gasteiger partial charge in [-0.25, -0.2) is 0 Å². The van der Waals surface area contributed by atoms with Crippen LogP contribution in [0.25, 0.3) is 5.69 Å².